The molecule has 1 aromatic rings. The second-order valence-electron chi connectivity index (χ2n) is 4.38. The lowest BCUT2D eigenvalue weighted by Gasteiger charge is -2.03. The summed E-state index contributed by atoms with van der Waals surface area (Å²) in [5, 5.41) is 0. The van der Waals surface area contributed by atoms with Crippen LogP contribution >= 0.6 is 0 Å². The van der Waals surface area contributed by atoms with Crippen molar-refractivity contribution in [1.29, 1.82) is 0 Å². The third kappa shape index (κ3) is 6.10. The molecule has 2 heteroatoms. The quantitative estimate of drug-likeness (QED) is 0.474. The molecule has 94 valence electrons. The van der Waals surface area contributed by atoms with E-state index in [9.17, 15) is 4.79 Å². The van der Waals surface area contributed by atoms with Gasteiger partial charge >= 0.3 is 0 Å². The van der Waals surface area contributed by atoms with E-state index in [1.165, 1.54) is 44.1 Å². The first-order valence-corrected chi connectivity index (χ1v) is 6.56. The second-order valence-corrected chi connectivity index (χ2v) is 4.38. The van der Waals surface area contributed by atoms with Gasteiger partial charge in [-0.25, -0.2) is 0 Å². The molecule has 0 aliphatic heterocycles. The number of carbonyl (C=O) groups is 1. The molecule has 0 radical (unpaired) electrons. The summed E-state index contributed by atoms with van der Waals surface area (Å²) in [6, 6.07) is 7.76. The minimum absolute atomic E-state index is 0.461. The summed E-state index contributed by atoms with van der Waals surface area (Å²) >= 11 is 0. The Morgan fingerprint density at radius 3 is 2.29 bits per heavy atom. The highest BCUT2D eigenvalue weighted by atomic mass is 16.5. The Balaban J connectivity index is 2.16. The van der Waals surface area contributed by atoms with Crippen LogP contribution in [-0.4, -0.2) is 6.47 Å². The van der Waals surface area contributed by atoms with Crippen LogP contribution in [0.1, 0.15) is 51.0 Å². The van der Waals surface area contributed by atoms with Gasteiger partial charge in [0.25, 0.3) is 6.47 Å². The van der Waals surface area contributed by atoms with Gasteiger partial charge in [-0.2, -0.15) is 0 Å². The average molecular weight is 234 g/mol. The number of rotatable bonds is 9. The lowest BCUT2D eigenvalue weighted by molar-refractivity contribution is -0.120. The Kier molecular flexibility index (Phi) is 7.12. The molecule has 17 heavy (non-hydrogen) atoms. The SMILES string of the molecule is CCCCCCCCc1ccc(OC=O)cc1. The second kappa shape index (κ2) is 8.80. The van der Waals surface area contributed by atoms with Gasteiger partial charge in [0, 0.05) is 0 Å². The molecule has 0 saturated heterocycles. The molecule has 0 unspecified atom stereocenters. The number of hydrogen-bond acceptors (Lipinski definition) is 2. The average Bonchev–Trinajstić information content (AvgIpc) is 2.36. The summed E-state index contributed by atoms with van der Waals surface area (Å²) in [4.78, 5) is 10.1. The van der Waals surface area contributed by atoms with Crippen molar-refractivity contribution in [2.45, 2.75) is 51.9 Å². The minimum Gasteiger partial charge on any atom is -0.429 e. The van der Waals surface area contributed by atoms with Gasteiger partial charge in [0.1, 0.15) is 5.75 Å². The summed E-state index contributed by atoms with van der Waals surface area (Å²) in [6.45, 7) is 2.70. The van der Waals surface area contributed by atoms with Gasteiger partial charge in [0.05, 0.1) is 0 Å². The number of unbranched alkanes of at least 4 members (excludes halogenated alkanes) is 5. The van der Waals surface area contributed by atoms with E-state index in [0.29, 0.717) is 12.2 Å². The molecular formula is C15H22O2. The molecule has 0 fully saturated rings. The Bertz CT molecular complexity index is 303. The molecule has 0 bridgehead atoms. The van der Waals surface area contributed by atoms with Gasteiger partial charge in [-0.3, -0.25) is 4.79 Å². The van der Waals surface area contributed by atoms with Gasteiger partial charge in [-0.05, 0) is 30.5 Å². The lowest BCUT2D eigenvalue weighted by Crippen LogP contribution is -1.90. The molecule has 1 aromatic carbocycles. The van der Waals surface area contributed by atoms with Gasteiger partial charge in [-0.1, -0.05) is 51.2 Å². The van der Waals surface area contributed by atoms with E-state index in [-0.39, 0.29) is 0 Å². The van der Waals surface area contributed by atoms with Crippen molar-refractivity contribution in [3.8, 4) is 5.75 Å². The van der Waals surface area contributed by atoms with Crippen molar-refractivity contribution in [2.24, 2.45) is 0 Å². The lowest BCUT2D eigenvalue weighted by atomic mass is 10.1. The molecule has 0 aromatic heterocycles. The topological polar surface area (TPSA) is 26.3 Å². The third-order valence-electron chi connectivity index (χ3n) is 2.93. The van der Waals surface area contributed by atoms with Crippen LogP contribution in [0.4, 0.5) is 0 Å². The molecule has 0 heterocycles. The molecule has 1 rings (SSSR count). The summed E-state index contributed by atoms with van der Waals surface area (Å²) < 4.78 is 4.75. The molecule has 0 spiro atoms. The molecule has 0 aliphatic rings. The van der Waals surface area contributed by atoms with Crippen molar-refractivity contribution < 1.29 is 9.53 Å². The molecule has 0 amide bonds. The summed E-state index contributed by atoms with van der Waals surface area (Å²) in [5.41, 5.74) is 1.32. The van der Waals surface area contributed by atoms with Gasteiger partial charge in [-0.15, -0.1) is 0 Å². The number of benzene rings is 1. The standard InChI is InChI=1S/C15H22O2/c1-2-3-4-5-6-7-8-14-9-11-15(12-10-14)17-13-16/h9-13H,2-8H2,1H3. The predicted molar refractivity (Wildman–Crippen MR) is 70.2 cm³/mol. The van der Waals surface area contributed by atoms with Gasteiger partial charge in [0.15, 0.2) is 0 Å². The van der Waals surface area contributed by atoms with Crippen LogP contribution in [0.2, 0.25) is 0 Å². The van der Waals surface area contributed by atoms with Crippen LogP contribution < -0.4 is 4.74 Å². The summed E-state index contributed by atoms with van der Waals surface area (Å²) in [7, 11) is 0. The first kappa shape index (κ1) is 13.8. The largest absolute Gasteiger partial charge is 0.429 e. The molecule has 0 saturated carbocycles. The van der Waals surface area contributed by atoms with Crippen LogP contribution in [0.15, 0.2) is 24.3 Å². The highest BCUT2D eigenvalue weighted by molar-refractivity contribution is 5.45. The highest BCUT2D eigenvalue weighted by Gasteiger charge is 1.96. The van der Waals surface area contributed by atoms with Crippen LogP contribution in [0.3, 0.4) is 0 Å². The minimum atomic E-state index is 0.461. The van der Waals surface area contributed by atoms with Crippen molar-refractivity contribution in [2.75, 3.05) is 0 Å². The van der Waals surface area contributed by atoms with E-state index < -0.39 is 0 Å². The van der Waals surface area contributed by atoms with E-state index in [4.69, 9.17) is 4.74 Å². The smallest absolute Gasteiger partial charge is 0.298 e. The van der Waals surface area contributed by atoms with E-state index in [1.54, 1.807) is 0 Å². The zero-order valence-corrected chi connectivity index (χ0v) is 10.7. The van der Waals surface area contributed by atoms with Crippen LogP contribution in [0.25, 0.3) is 0 Å². The van der Waals surface area contributed by atoms with Crippen molar-refractivity contribution >= 4 is 6.47 Å². The molecule has 2 nitrogen and oxygen atoms in total. The maximum absolute atomic E-state index is 10.1. The zero-order chi connectivity index (χ0) is 12.3. The van der Waals surface area contributed by atoms with E-state index in [2.05, 4.69) is 6.92 Å². The van der Waals surface area contributed by atoms with Gasteiger partial charge < -0.3 is 4.74 Å². The Morgan fingerprint density at radius 1 is 1.00 bits per heavy atom. The Hall–Kier alpha value is -1.31. The van der Waals surface area contributed by atoms with Crippen molar-refractivity contribution in [3.05, 3.63) is 29.8 Å². The number of aryl methyl sites for hydroxylation is 1. The predicted octanol–water partition coefficient (Wildman–Crippen LogP) is 4.12. The number of carbonyl (C=O) groups excluding carboxylic acids is 1. The van der Waals surface area contributed by atoms with E-state index in [0.717, 1.165) is 6.42 Å². The fraction of sp³-hybridized carbons (Fsp3) is 0.533. The number of ether oxygens (including phenoxy) is 1. The Morgan fingerprint density at radius 2 is 1.65 bits per heavy atom. The maximum Gasteiger partial charge on any atom is 0.298 e. The maximum atomic E-state index is 10.1. The Labute approximate surface area is 104 Å². The van der Waals surface area contributed by atoms with Crippen molar-refractivity contribution in [3.63, 3.8) is 0 Å². The third-order valence-corrected chi connectivity index (χ3v) is 2.93. The fourth-order valence-corrected chi connectivity index (χ4v) is 1.90. The number of hydrogen-bond donors (Lipinski definition) is 0. The summed E-state index contributed by atoms with van der Waals surface area (Å²) in [6.07, 6.45) is 9.05. The van der Waals surface area contributed by atoms with E-state index in [1.807, 2.05) is 24.3 Å². The summed E-state index contributed by atoms with van der Waals surface area (Å²) in [5.74, 6) is 0.617. The van der Waals surface area contributed by atoms with Crippen LogP contribution in [0, 0.1) is 0 Å². The molecular weight excluding hydrogens is 212 g/mol. The zero-order valence-electron chi connectivity index (χ0n) is 10.7. The fourth-order valence-electron chi connectivity index (χ4n) is 1.90. The van der Waals surface area contributed by atoms with Crippen molar-refractivity contribution in [1.82, 2.24) is 0 Å². The first-order valence-electron chi connectivity index (χ1n) is 6.56. The van der Waals surface area contributed by atoms with Crippen LogP contribution in [-0.2, 0) is 11.2 Å². The molecule has 0 N–H and O–H groups in total. The molecule has 0 aliphatic carbocycles. The monoisotopic (exact) mass is 234 g/mol. The van der Waals surface area contributed by atoms with Gasteiger partial charge in [0.2, 0.25) is 0 Å². The van der Waals surface area contributed by atoms with Crippen LogP contribution in [0.5, 0.6) is 5.75 Å². The first-order chi connectivity index (χ1) is 8.36. The van der Waals surface area contributed by atoms with E-state index >= 15 is 0 Å². The normalized spacial score (nSPS) is 10.2. The highest BCUT2D eigenvalue weighted by Crippen LogP contribution is 2.14. The molecule has 0 atom stereocenters.